The second-order valence-electron chi connectivity index (χ2n) is 5.15. The highest BCUT2D eigenvalue weighted by atomic mass is 16.3. The van der Waals surface area contributed by atoms with Crippen LogP contribution in [0.25, 0.3) is 0 Å². The third-order valence-corrected chi connectivity index (χ3v) is 3.40. The number of ketones is 1. The van der Waals surface area contributed by atoms with E-state index >= 15 is 0 Å². The van der Waals surface area contributed by atoms with Crippen molar-refractivity contribution in [3.63, 3.8) is 0 Å². The zero-order valence-electron chi connectivity index (χ0n) is 12.1. The molecule has 1 rings (SSSR count). The van der Waals surface area contributed by atoms with Gasteiger partial charge in [-0.2, -0.15) is 0 Å². The summed E-state index contributed by atoms with van der Waals surface area (Å²) in [6.45, 7) is 4.26. The van der Waals surface area contributed by atoms with Gasteiger partial charge in [-0.1, -0.05) is 63.8 Å². The lowest BCUT2D eigenvalue weighted by Gasteiger charge is -2.08. The van der Waals surface area contributed by atoms with Crippen LogP contribution in [-0.4, -0.2) is 17.0 Å². The summed E-state index contributed by atoms with van der Waals surface area (Å²) in [4.78, 5) is 11.7. The number of hydrogen-bond acceptors (Lipinski definition) is 2. The molecule has 106 valence electrons. The van der Waals surface area contributed by atoms with Gasteiger partial charge in [0.25, 0.3) is 0 Å². The van der Waals surface area contributed by atoms with Gasteiger partial charge >= 0.3 is 0 Å². The van der Waals surface area contributed by atoms with Crippen molar-refractivity contribution in [1.29, 1.82) is 0 Å². The Morgan fingerprint density at radius 1 is 1.32 bits per heavy atom. The van der Waals surface area contributed by atoms with E-state index in [2.05, 4.69) is 13.8 Å². The number of rotatable bonds is 8. The van der Waals surface area contributed by atoms with E-state index < -0.39 is 0 Å². The lowest BCUT2D eigenvalue weighted by Crippen LogP contribution is -2.05. The molecule has 1 aliphatic rings. The van der Waals surface area contributed by atoms with E-state index in [1.54, 1.807) is 6.08 Å². The maximum atomic E-state index is 11.7. The second kappa shape index (κ2) is 8.87. The van der Waals surface area contributed by atoms with E-state index in [4.69, 9.17) is 0 Å². The molecule has 0 amide bonds. The molecule has 0 spiro atoms. The fourth-order valence-electron chi connectivity index (χ4n) is 2.21. The van der Waals surface area contributed by atoms with Crippen molar-refractivity contribution in [2.75, 3.05) is 0 Å². The number of aliphatic hydroxyl groups is 1. The minimum Gasteiger partial charge on any atom is -0.389 e. The molecule has 0 aliphatic heterocycles. The average molecular weight is 262 g/mol. The molecule has 0 fully saturated rings. The highest BCUT2D eigenvalue weighted by Crippen LogP contribution is 2.24. The third-order valence-electron chi connectivity index (χ3n) is 3.40. The van der Waals surface area contributed by atoms with Gasteiger partial charge in [-0.15, -0.1) is 0 Å². The minimum absolute atomic E-state index is 0.0554. The summed E-state index contributed by atoms with van der Waals surface area (Å²) in [6.07, 6.45) is 15.2. The van der Waals surface area contributed by atoms with Gasteiger partial charge in [0.1, 0.15) is 0 Å². The molecule has 0 bridgehead atoms. The van der Waals surface area contributed by atoms with Crippen molar-refractivity contribution in [2.24, 2.45) is 5.92 Å². The molecule has 2 heteroatoms. The summed E-state index contributed by atoms with van der Waals surface area (Å²) in [5.41, 5.74) is 0.860. The molecule has 19 heavy (non-hydrogen) atoms. The zero-order valence-corrected chi connectivity index (χ0v) is 12.1. The van der Waals surface area contributed by atoms with Crippen LogP contribution in [-0.2, 0) is 4.79 Å². The summed E-state index contributed by atoms with van der Waals surface area (Å²) in [7, 11) is 0. The fraction of sp³-hybridized carbons (Fsp3) is 0.588. The molecule has 0 saturated carbocycles. The van der Waals surface area contributed by atoms with E-state index in [0.717, 1.165) is 37.7 Å². The summed E-state index contributed by atoms with van der Waals surface area (Å²) >= 11 is 0. The molecule has 0 aromatic rings. The normalized spacial score (nSPS) is 22.8. The minimum atomic E-state index is -0.386. The molecule has 2 nitrogen and oxygen atoms in total. The van der Waals surface area contributed by atoms with Crippen molar-refractivity contribution in [1.82, 2.24) is 0 Å². The molecule has 0 radical (unpaired) electrons. The lowest BCUT2D eigenvalue weighted by atomic mass is 9.98. The predicted octanol–water partition coefficient (Wildman–Crippen LogP) is 3.97. The molecule has 1 aliphatic carbocycles. The SMILES string of the molecule is CCC/C=C1\C(=O)C=CC1/C=C/C(O)CCCCC. The van der Waals surface area contributed by atoms with Gasteiger partial charge in [-0.3, -0.25) is 4.79 Å². The van der Waals surface area contributed by atoms with Gasteiger partial charge in [0, 0.05) is 11.5 Å². The smallest absolute Gasteiger partial charge is 0.182 e. The first kappa shape index (κ1) is 15.9. The third kappa shape index (κ3) is 5.56. The van der Waals surface area contributed by atoms with Gasteiger partial charge in [-0.25, -0.2) is 0 Å². The Morgan fingerprint density at radius 3 is 2.79 bits per heavy atom. The first-order valence-electron chi connectivity index (χ1n) is 7.48. The first-order valence-corrected chi connectivity index (χ1v) is 7.48. The van der Waals surface area contributed by atoms with E-state index in [1.165, 1.54) is 6.42 Å². The number of carbonyl (C=O) groups is 1. The predicted molar refractivity (Wildman–Crippen MR) is 79.9 cm³/mol. The molecule has 0 aromatic heterocycles. The van der Waals surface area contributed by atoms with E-state index in [-0.39, 0.29) is 17.8 Å². The number of carbonyl (C=O) groups excluding carboxylic acids is 1. The Labute approximate surface area is 116 Å². The van der Waals surface area contributed by atoms with Crippen molar-refractivity contribution in [3.8, 4) is 0 Å². The largest absolute Gasteiger partial charge is 0.389 e. The highest BCUT2D eigenvalue weighted by molar-refractivity contribution is 6.07. The van der Waals surface area contributed by atoms with E-state index in [0.29, 0.717) is 0 Å². The molecule has 0 aromatic carbocycles. The highest BCUT2D eigenvalue weighted by Gasteiger charge is 2.20. The maximum Gasteiger partial charge on any atom is 0.182 e. The molecule has 0 heterocycles. The Hall–Kier alpha value is -1.15. The van der Waals surface area contributed by atoms with Crippen molar-refractivity contribution in [3.05, 3.63) is 36.0 Å². The first-order chi connectivity index (χ1) is 9.19. The topological polar surface area (TPSA) is 37.3 Å². The molecular formula is C17H26O2. The maximum absolute atomic E-state index is 11.7. The van der Waals surface area contributed by atoms with E-state index in [1.807, 2.05) is 24.3 Å². The number of hydrogen-bond donors (Lipinski definition) is 1. The van der Waals surface area contributed by atoms with Crippen LogP contribution in [0.3, 0.4) is 0 Å². The number of unbranched alkanes of at least 4 members (excludes halogenated alkanes) is 3. The summed E-state index contributed by atoms with van der Waals surface area (Å²) in [5, 5.41) is 9.85. The Morgan fingerprint density at radius 2 is 2.11 bits per heavy atom. The Bertz CT molecular complexity index is 363. The fourth-order valence-corrected chi connectivity index (χ4v) is 2.21. The second-order valence-corrected chi connectivity index (χ2v) is 5.15. The summed E-state index contributed by atoms with van der Waals surface area (Å²) in [6, 6.07) is 0. The van der Waals surface area contributed by atoms with Crippen LogP contribution in [0.15, 0.2) is 36.0 Å². The molecule has 0 saturated heterocycles. The van der Waals surface area contributed by atoms with Crippen LogP contribution in [0.1, 0.15) is 52.4 Å². The number of aliphatic hydroxyl groups excluding tert-OH is 1. The molecule has 2 atom stereocenters. The van der Waals surface area contributed by atoms with Crippen molar-refractivity contribution < 1.29 is 9.90 Å². The van der Waals surface area contributed by atoms with Gasteiger partial charge < -0.3 is 5.11 Å². The van der Waals surface area contributed by atoms with E-state index in [9.17, 15) is 9.90 Å². The Kier molecular flexibility index (Phi) is 7.42. The van der Waals surface area contributed by atoms with Crippen LogP contribution in [0.2, 0.25) is 0 Å². The molecule has 2 unspecified atom stereocenters. The van der Waals surface area contributed by atoms with Gasteiger partial charge in [0.2, 0.25) is 0 Å². The summed E-state index contributed by atoms with van der Waals surface area (Å²) < 4.78 is 0. The zero-order chi connectivity index (χ0) is 14.1. The monoisotopic (exact) mass is 262 g/mol. The van der Waals surface area contributed by atoms with Crippen LogP contribution < -0.4 is 0 Å². The van der Waals surface area contributed by atoms with Crippen LogP contribution >= 0.6 is 0 Å². The van der Waals surface area contributed by atoms with Gasteiger partial charge in [0.15, 0.2) is 5.78 Å². The van der Waals surface area contributed by atoms with Crippen LogP contribution in [0.4, 0.5) is 0 Å². The molecule has 1 N–H and O–H groups in total. The quantitative estimate of drug-likeness (QED) is 0.408. The molecular weight excluding hydrogens is 236 g/mol. The average Bonchev–Trinajstić information content (AvgIpc) is 2.75. The van der Waals surface area contributed by atoms with Crippen molar-refractivity contribution >= 4 is 5.78 Å². The number of allylic oxidation sites excluding steroid dienone is 5. The van der Waals surface area contributed by atoms with Gasteiger partial charge in [0.05, 0.1) is 6.10 Å². The van der Waals surface area contributed by atoms with Gasteiger partial charge in [-0.05, 0) is 18.9 Å². The van der Waals surface area contributed by atoms with Crippen LogP contribution in [0.5, 0.6) is 0 Å². The Balaban J connectivity index is 2.50. The summed E-state index contributed by atoms with van der Waals surface area (Å²) in [5.74, 6) is 0.170. The lowest BCUT2D eigenvalue weighted by molar-refractivity contribution is -0.111. The van der Waals surface area contributed by atoms with Crippen LogP contribution in [0, 0.1) is 5.92 Å². The standard InChI is InChI=1S/C17H26O2/c1-3-5-7-8-15(18)12-10-14-11-13-17(19)16(14)9-6-4-2/h9-15,18H,3-8H2,1-2H3/b12-10+,16-9-. The van der Waals surface area contributed by atoms with Crippen molar-refractivity contribution in [2.45, 2.75) is 58.5 Å².